The Hall–Kier alpha value is -2.48. The van der Waals surface area contributed by atoms with Gasteiger partial charge in [0, 0.05) is 19.6 Å². The van der Waals surface area contributed by atoms with E-state index in [9.17, 15) is 9.59 Å². The molecule has 5 nitrogen and oxygen atoms in total. The van der Waals surface area contributed by atoms with Gasteiger partial charge in [-0.15, -0.1) is 6.42 Å². The first-order valence-electron chi connectivity index (χ1n) is 7.81. The monoisotopic (exact) mass is 315 g/mol. The second-order valence-electron chi connectivity index (χ2n) is 5.27. The molecule has 0 heterocycles. The van der Waals surface area contributed by atoms with Gasteiger partial charge >= 0.3 is 6.03 Å². The zero-order chi connectivity index (χ0) is 17.2. The highest BCUT2D eigenvalue weighted by atomic mass is 16.2. The van der Waals surface area contributed by atoms with E-state index in [4.69, 9.17) is 6.42 Å². The first-order valence-corrected chi connectivity index (χ1v) is 7.81. The summed E-state index contributed by atoms with van der Waals surface area (Å²) >= 11 is 0. The molecule has 0 spiro atoms. The Morgan fingerprint density at radius 1 is 1.13 bits per heavy atom. The Kier molecular flexibility index (Phi) is 7.69. The van der Waals surface area contributed by atoms with E-state index in [0.29, 0.717) is 19.6 Å². The Morgan fingerprint density at radius 2 is 1.74 bits per heavy atom. The molecule has 0 aromatic heterocycles. The number of nitrogens with one attached hydrogen (secondary N) is 1. The van der Waals surface area contributed by atoms with Crippen molar-refractivity contribution in [2.24, 2.45) is 0 Å². The van der Waals surface area contributed by atoms with Crippen LogP contribution in [0.15, 0.2) is 24.3 Å². The minimum atomic E-state index is -0.330. The molecule has 3 amide bonds. The molecule has 1 aromatic carbocycles. The average molecular weight is 315 g/mol. The predicted molar refractivity (Wildman–Crippen MR) is 91.7 cm³/mol. The van der Waals surface area contributed by atoms with Crippen molar-refractivity contribution >= 4 is 11.9 Å². The number of hydrogen-bond acceptors (Lipinski definition) is 2. The van der Waals surface area contributed by atoms with E-state index in [0.717, 1.165) is 11.1 Å². The van der Waals surface area contributed by atoms with Crippen LogP contribution in [0.3, 0.4) is 0 Å². The van der Waals surface area contributed by atoms with Gasteiger partial charge in [-0.25, -0.2) is 4.79 Å². The first-order chi connectivity index (χ1) is 11.0. The van der Waals surface area contributed by atoms with Crippen LogP contribution in [-0.2, 0) is 11.3 Å². The number of carbonyl (C=O) groups excluding carboxylic acids is 2. The van der Waals surface area contributed by atoms with E-state index < -0.39 is 0 Å². The maximum atomic E-state index is 12.3. The van der Waals surface area contributed by atoms with Gasteiger partial charge in [-0.2, -0.15) is 0 Å². The van der Waals surface area contributed by atoms with Crippen molar-refractivity contribution in [3.8, 4) is 12.3 Å². The third kappa shape index (κ3) is 6.03. The zero-order valence-electron chi connectivity index (χ0n) is 14.1. The molecule has 0 saturated carbocycles. The first kappa shape index (κ1) is 18.6. The number of rotatable bonds is 7. The zero-order valence-corrected chi connectivity index (χ0v) is 14.1. The van der Waals surface area contributed by atoms with Crippen LogP contribution in [0.1, 0.15) is 25.0 Å². The number of hydrogen-bond donors (Lipinski definition) is 1. The third-order valence-corrected chi connectivity index (χ3v) is 3.57. The van der Waals surface area contributed by atoms with Crippen molar-refractivity contribution in [3.63, 3.8) is 0 Å². The number of likely N-dealkylation sites (N-methyl/N-ethyl adjacent to an activating group) is 1. The summed E-state index contributed by atoms with van der Waals surface area (Å²) in [5.74, 6) is 2.38. The quantitative estimate of drug-likeness (QED) is 0.783. The fourth-order valence-corrected chi connectivity index (χ4v) is 2.17. The molecule has 0 radical (unpaired) electrons. The second kappa shape index (κ2) is 9.52. The van der Waals surface area contributed by atoms with Crippen LogP contribution in [0.2, 0.25) is 0 Å². The van der Waals surface area contributed by atoms with Crippen LogP contribution in [0.5, 0.6) is 0 Å². The molecule has 1 rings (SSSR count). The smallest absolute Gasteiger partial charge is 0.318 e. The van der Waals surface area contributed by atoms with Gasteiger partial charge in [0.1, 0.15) is 0 Å². The number of nitrogens with zero attached hydrogens (tertiary/aromatic N) is 2. The maximum absolute atomic E-state index is 12.3. The Labute approximate surface area is 138 Å². The fourth-order valence-electron chi connectivity index (χ4n) is 2.17. The van der Waals surface area contributed by atoms with Crippen LogP contribution in [0.25, 0.3) is 0 Å². The van der Waals surface area contributed by atoms with Crippen molar-refractivity contribution in [3.05, 3.63) is 35.4 Å². The lowest BCUT2D eigenvalue weighted by molar-refractivity contribution is -0.129. The molecular weight excluding hydrogens is 290 g/mol. The van der Waals surface area contributed by atoms with E-state index in [-0.39, 0.29) is 25.0 Å². The van der Waals surface area contributed by atoms with E-state index in [1.165, 1.54) is 4.90 Å². The summed E-state index contributed by atoms with van der Waals surface area (Å²) in [5, 5.41) is 2.65. The fraction of sp³-hybridized carbons (Fsp3) is 0.444. The molecule has 5 heteroatoms. The third-order valence-electron chi connectivity index (χ3n) is 3.57. The standard InChI is InChI=1S/C18H25N3O2/c1-5-12-21(14-16-10-8-15(4)9-11-16)18(23)19-13-17(22)20(6-2)7-3/h1,8-11H,6-7,12-14H2,2-4H3,(H,19,23). The highest BCUT2D eigenvalue weighted by Gasteiger charge is 2.16. The Morgan fingerprint density at radius 3 is 2.26 bits per heavy atom. The highest BCUT2D eigenvalue weighted by Crippen LogP contribution is 2.07. The van der Waals surface area contributed by atoms with Crippen molar-refractivity contribution in [1.29, 1.82) is 0 Å². The molecule has 0 atom stereocenters. The normalized spacial score (nSPS) is 9.83. The molecule has 1 aromatic rings. The van der Waals surface area contributed by atoms with Gasteiger partial charge in [-0.05, 0) is 26.3 Å². The van der Waals surface area contributed by atoms with Gasteiger partial charge in [0.25, 0.3) is 0 Å². The lowest BCUT2D eigenvalue weighted by Gasteiger charge is -2.23. The number of benzene rings is 1. The summed E-state index contributed by atoms with van der Waals surface area (Å²) in [4.78, 5) is 27.4. The topological polar surface area (TPSA) is 52.7 Å². The lowest BCUT2D eigenvalue weighted by Crippen LogP contribution is -2.45. The lowest BCUT2D eigenvalue weighted by atomic mass is 10.1. The van der Waals surface area contributed by atoms with E-state index >= 15 is 0 Å². The highest BCUT2D eigenvalue weighted by molar-refractivity contribution is 5.84. The predicted octanol–water partition coefficient (Wildman–Crippen LogP) is 2.01. The number of terminal acetylenes is 1. The molecule has 0 aliphatic rings. The molecule has 0 saturated heterocycles. The molecule has 0 bridgehead atoms. The summed E-state index contributed by atoms with van der Waals surface area (Å²) in [5.41, 5.74) is 2.16. The molecule has 0 aliphatic carbocycles. The van der Waals surface area contributed by atoms with E-state index in [2.05, 4.69) is 11.2 Å². The minimum absolute atomic E-state index is 0.0184. The summed E-state index contributed by atoms with van der Waals surface area (Å²) in [6.07, 6.45) is 5.35. The molecular formula is C18H25N3O2. The van der Waals surface area contributed by atoms with E-state index in [1.807, 2.05) is 45.0 Å². The van der Waals surface area contributed by atoms with Crippen molar-refractivity contribution in [2.75, 3.05) is 26.2 Å². The summed E-state index contributed by atoms with van der Waals surface area (Å²) < 4.78 is 0. The summed E-state index contributed by atoms with van der Waals surface area (Å²) in [6.45, 7) is 7.67. The van der Waals surface area contributed by atoms with Gasteiger partial charge in [0.05, 0.1) is 13.1 Å². The molecule has 124 valence electrons. The molecule has 0 aliphatic heterocycles. The van der Waals surface area contributed by atoms with Crippen molar-refractivity contribution in [1.82, 2.24) is 15.1 Å². The SMILES string of the molecule is C#CCN(Cc1ccc(C)cc1)C(=O)NCC(=O)N(CC)CC. The molecule has 0 unspecified atom stereocenters. The van der Waals surface area contributed by atoms with Crippen LogP contribution >= 0.6 is 0 Å². The van der Waals surface area contributed by atoms with Gasteiger partial charge < -0.3 is 15.1 Å². The number of amides is 3. The number of urea groups is 1. The summed E-state index contributed by atoms with van der Waals surface area (Å²) in [6, 6.07) is 7.58. The van der Waals surface area contributed by atoms with Crippen LogP contribution in [-0.4, -0.2) is 47.9 Å². The number of aryl methyl sites for hydroxylation is 1. The molecule has 23 heavy (non-hydrogen) atoms. The van der Waals surface area contributed by atoms with Crippen LogP contribution in [0, 0.1) is 19.3 Å². The van der Waals surface area contributed by atoms with Crippen LogP contribution in [0.4, 0.5) is 4.79 Å². The van der Waals surface area contributed by atoms with Crippen LogP contribution < -0.4 is 5.32 Å². The van der Waals surface area contributed by atoms with Gasteiger partial charge in [-0.3, -0.25) is 4.79 Å². The molecule has 0 fully saturated rings. The minimum Gasteiger partial charge on any atom is -0.342 e. The van der Waals surface area contributed by atoms with E-state index in [1.54, 1.807) is 4.90 Å². The van der Waals surface area contributed by atoms with Gasteiger partial charge in [-0.1, -0.05) is 35.7 Å². The average Bonchev–Trinajstić information content (AvgIpc) is 2.55. The van der Waals surface area contributed by atoms with Crippen molar-refractivity contribution < 1.29 is 9.59 Å². The van der Waals surface area contributed by atoms with Crippen molar-refractivity contribution in [2.45, 2.75) is 27.3 Å². The largest absolute Gasteiger partial charge is 0.342 e. The second-order valence-corrected chi connectivity index (χ2v) is 5.27. The van der Waals surface area contributed by atoms with Gasteiger partial charge in [0.2, 0.25) is 5.91 Å². The van der Waals surface area contributed by atoms with Gasteiger partial charge in [0.15, 0.2) is 0 Å². The summed E-state index contributed by atoms with van der Waals surface area (Å²) in [7, 11) is 0. The maximum Gasteiger partial charge on any atom is 0.318 e. The number of carbonyl (C=O) groups is 2. The Balaban J connectivity index is 2.62. The Bertz CT molecular complexity index is 557. The molecule has 1 N–H and O–H groups in total.